The molecule has 1 N–H and O–H groups in total. The Labute approximate surface area is 146 Å². The van der Waals surface area contributed by atoms with Gasteiger partial charge >= 0.3 is 0 Å². The van der Waals surface area contributed by atoms with Crippen molar-refractivity contribution in [2.45, 2.75) is 31.7 Å². The van der Waals surface area contributed by atoms with Crippen LogP contribution in [0.5, 0.6) is 0 Å². The lowest BCUT2D eigenvalue weighted by Crippen LogP contribution is -2.45. The molecule has 0 unspecified atom stereocenters. The first-order valence-corrected chi connectivity index (χ1v) is 8.51. The van der Waals surface area contributed by atoms with E-state index in [9.17, 15) is 9.59 Å². The summed E-state index contributed by atoms with van der Waals surface area (Å²) in [5, 5.41) is 0. The van der Waals surface area contributed by atoms with Crippen LogP contribution in [0, 0.1) is 0 Å². The van der Waals surface area contributed by atoms with Crippen molar-refractivity contribution in [3.05, 3.63) is 46.5 Å². The maximum absolute atomic E-state index is 12.9. The van der Waals surface area contributed by atoms with Crippen LogP contribution in [0.1, 0.15) is 36.0 Å². The molecule has 0 saturated carbocycles. The van der Waals surface area contributed by atoms with Crippen LogP contribution in [-0.4, -0.2) is 52.1 Å². The van der Waals surface area contributed by atoms with Crippen molar-refractivity contribution < 1.29 is 9.53 Å². The summed E-state index contributed by atoms with van der Waals surface area (Å²) < 4.78 is 5.14. The topological polar surface area (TPSA) is 88.2 Å². The Morgan fingerprint density at radius 3 is 2.96 bits per heavy atom. The predicted octanol–water partition coefficient (Wildman–Crippen LogP) is 1.86. The summed E-state index contributed by atoms with van der Waals surface area (Å²) in [6.07, 6.45) is 6.74. The number of hydrogen-bond acceptors (Lipinski definition) is 5. The summed E-state index contributed by atoms with van der Waals surface area (Å²) in [5.74, 6) is 0.0962. The van der Waals surface area contributed by atoms with Crippen molar-refractivity contribution in [2.75, 3.05) is 20.3 Å². The molecular formula is C18H22N4O3. The summed E-state index contributed by atoms with van der Waals surface area (Å²) in [7, 11) is 1.65. The minimum Gasteiger partial charge on any atom is -0.385 e. The minimum absolute atomic E-state index is 0.0731. The molecule has 0 radical (unpaired) electrons. The fraction of sp³-hybridized carbons (Fsp3) is 0.444. The van der Waals surface area contributed by atoms with Crippen molar-refractivity contribution in [1.29, 1.82) is 0 Å². The van der Waals surface area contributed by atoms with Gasteiger partial charge in [0.2, 0.25) is 0 Å². The zero-order valence-corrected chi connectivity index (χ0v) is 14.3. The first-order chi connectivity index (χ1) is 12.2. The lowest BCUT2D eigenvalue weighted by Gasteiger charge is -2.35. The lowest BCUT2D eigenvalue weighted by atomic mass is 9.99. The summed E-state index contributed by atoms with van der Waals surface area (Å²) in [4.78, 5) is 38.1. The van der Waals surface area contributed by atoms with Gasteiger partial charge in [0.05, 0.1) is 0 Å². The van der Waals surface area contributed by atoms with Gasteiger partial charge < -0.3 is 14.6 Å². The minimum atomic E-state index is -0.434. The molecule has 1 amide bonds. The second-order valence-corrected chi connectivity index (χ2v) is 6.12. The first kappa shape index (κ1) is 17.3. The zero-order valence-electron chi connectivity index (χ0n) is 14.3. The highest BCUT2D eigenvalue weighted by molar-refractivity contribution is 5.94. The third-order valence-corrected chi connectivity index (χ3v) is 4.48. The average Bonchev–Trinajstić information content (AvgIpc) is 2.66. The molecule has 1 atom stereocenters. The highest BCUT2D eigenvalue weighted by atomic mass is 16.5. The second kappa shape index (κ2) is 8.02. The molecule has 7 heteroatoms. The Bertz CT molecular complexity index is 775. The predicted molar refractivity (Wildman–Crippen MR) is 93.3 cm³/mol. The van der Waals surface area contributed by atoms with Gasteiger partial charge in [-0.2, -0.15) is 0 Å². The molecule has 132 valence electrons. The van der Waals surface area contributed by atoms with Gasteiger partial charge in [-0.05, 0) is 37.8 Å². The SMILES string of the molecule is COCC[C@@H]1CCCCN1C(=O)c1cnc(-c2ccccn2)[nH]c1=O. The van der Waals surface area contributed by atoms with Gasteiger partial charge in [-0.15, -0.1) is 0 Å². The lowest BCUT2D eigenvalue weighted by molar-refractivity contribution is 0.0551. The van der Waals surface area contributed by atoms with Crippen molar-refractivity contribution in [3.63, 3.8) is 0 Å². The number of nitrogens with one attached hydrogen (secondary N) is 1. The number of carbonyl (C=O) groups is 1. The summed E-state index contributed by atoms with van der Waals surface area (Å²) in [6.45, 7) is 1.26. The number of aromatic amines is 1. The van der Waals surface area contributed by atoms with E-state index >= 15 is 0 Å². The molecule has 0 spiro atoms. The maximum atomic E-state index is 12.9. The van der Waals surface area contributed by atoms with Crippen molar-refractivity contribution in [1.82, 2.24) is 19.9 Å². The number of likely N-dealkylation sites (tertiary alicyclic amines) is 1. The Kier molecular flexibility index (Phi) is 5.55. The molecule has 3 rings (SSSR count). The Morgan fingerprint density at radius 2 is 2.24 bits per heavy atom. The van der Waals surface area contributed by atoms with Crippen molar-refractivity contribution >= 4 is 5.91 Å². The van der Waals surface area contributed by atoms with Crippen LogP contribution < -0.4 is 5.56 Å². The molecule has 3 heterocycles. The van der Waals surface area contributed by atoms with E-state index < -0.39 is 5.56 Å². The standard InChI is InChI=1S/C18H22N4O3/c1-25-11-8-13-6-3-5-10-22(13)18(24)14-12-20-16(21-17(14)23)15-7-2-4-9-19-15/h2,4,7,9,12-13H,3,5-6,8,10-11H2,1H3,(H,20,21,23)/t13-/m0/s1. The fourth-order valence-electron chi connectivity index (χ4n) is 3.16. The number of hydrogen-bond donors (Lipinski definition) is 1. The van der Waals surface area contributed by atoms with Gasteiger partial charge in [0, 0.05) is 38.7 Å². The third kappa shape index (κ3) is 3.93. The molecule has 1 aliphatic rings. The van der Waals surface area contributed by atoms with E-state index in [4.69, 9.17) is 4.74 Å². The van der Waals surface area contributed by atoms with Crippen LogP contribution in [0.25, 0.3) is 11.5 Å². The first-order valence-electron chi connectivity index (χ1n) is 8.51. The number of rotatable bonds is 5. The highest BCUT2D eigenvalue weighted by Gasteiger charge is 2.29. The second-order valence-electron chi connectivity index (χ2n) is 6.12. The summed E-state index contributed by atoms with van der Waals surface area (Å²) in [6, 6.07) is 5.47. The molecule has 25 heavy (non-hydrogen) atoms. The van der Waals surface area contributed by atoms with E-state index in [1.54, 1.807) is 30.3 Å². The van der Waals surface area contributed by atoms with E-state index in [-0.39, 0.29) is 17.5 Å². The van der Waals surface area contributed by atoms with Crippen molar-refractivity contribution in [2.24, 2.45) is 0 Å². The summed E-state index contributed by atoms with van der Waals surface area (Å²) in [5.41, 5.74) is 0.204. The number of amides is 1. The zero-order chi connectivity index (χ0) is 17.6. The smallest absolute Gasteiger partial charge is 0.264 e. The van der Waals surface area contributed by atoms with Crippen LogP contribution in [0.2, 0.25) is 0 Å². The Morgan fingerprint density at radius 1 is 1.36 bits per heavy atom. The molecule has 2 aromatic heterocycles. The number of H-pyrrole nitrogens is 1. The number of nitrogens with zero attached hydrogens (tertiary/aromatic N) is 3. The van der Waals surface area contributed by atoms with Gasteiger partial charge in [0.25, 0.3) is 11.5 Å². The van der Waals surface area contributed by atoms with E-state index in [1.165, 1.54) is 6.20 Å². The van der Waals surface area contributed by atoms with Crippen LogP contribution in [-0.2, 0) is 4.74 Å². The number of aromatic nitrogens is 3. The molecule has 1 aliphatic heterocycles. The van der Waals surface area contributed by atoms with Gasteiger partial charge in [0.1, 0.15) is 11.3 Å². The Hall–Kier alpha value is -2.54. The highest BCUT2D eigenvalue weighted by Crippen LogP contribution is 2.21. The third-order valence-electron chi connectivity index (χ3n) is 4.48. The van der Waals surface area contributed by atoms with Crippen LogP contribution in [0.3, 0.4) is 0 Å². The largest absolute Gasteiger partial charge is 0.385 e. The molecular weight excluding hydrogens is 320 g/mol. The van der Waals surface area contributed by atoms with Crippen LogP contribution in [0.4, 0.5) is 0 Å². The normalized spacial score (nSPS) is 17.5. The van der Waals surface area contributed by atoms with Gasteiger partial charge in [-0.25, -0.2) is 4.98 Å². The molecule has 1 fully saturated rings. The molecule has 0 aromatic carbocycles. The fourth-order valence-corrected chi connectivity index (χ4v) is 3.16. The number of ether oxygens (including phenoxy) is 1. The number of piperidine rings is 1. The number of methoxy groups -OCH3 is 1. The van der Waals surface area contributed by atoms with Crippen LogP contribution >= 0.6 is 0 Å². The van der Waals surface area contributed by atoms with Gasteiger partial charge in [-0.1, -0.05) is 6.07 Å². The molecule has 1 saturated heterocycles. The van der Waals surface area contributed by atoms with E-state index in [0.29, 0.717) is 24.7 Å². The molecule has 0 bridgehead atoms. The van der Waals surface area contributed by atoms with E-state index in [1.807, 2.05) is 6.07 Å². The quantitative estimate of drug-likeness (QED) is 0.896. The van der Waals surface area contributed by atoms with Crippen LogP contribution in [0.15, 0.2) is 35.4 Å². The van der Waals surface area contributed by atoms with E-state index in [2.05, 4.69) is 15.0 Å². The van der Waals surface area contributed by atoms with Gasteiger partial charge in [0.15, 0.2) is 5.82 Å². The monoisotopic (exact) mass is 342 g/mol. The maximum Gasteiger partial charge on any atom is 0.264 e. The van der Waals surface area contributed by atoms with Crippen molar-refractivity contribution in [3.8, 4) is 11.5 Å². The average molecular weight is 342 g/mol. The molecule has 0 aliphatic carbocycles. The molecule has 7 nitrogen and oxygen atoms in total. The van der Waals surface area contributed by atoms with E-state index in [0.717, 1.165) is 25.7 Å². The molecule has 2 aromatic rings. The summed E-state index contributed by atoms with van der Waals surface area (Å²) >= 11 is 0. The Balaban J connectivity index is 1.83. The number of pyridine rings is 1. The van der Waals surface area contributed by atoms with Gasteiger partial charge in [-0.3, -0.25) is 14.6 Å². The number of carbonyl (C=O) groups excluding carboxylic acids is 1.